The minimum Gasteiger partial charge on any atom is -0.444 e. The van der Waals surface area contributed by atoms with Crippen molar-refractivity contribution in [3.63, 3.8) is 0 Å². The summed E-state index contributed by atoms with van der Waals surface area (Å²) < 4.78 is 11.5. The van der Waals surface area contributed by atoms with E-state index in [0.29, 0.717) is 13.2 Å². The fourth-order valence-electron chi connectivity index (χ4n) is 2.58. The number of nitrogens with zero attached hydrogens (tertiary/aromatic N) is 4. The molecular weight excluding hydrogens is 282 g/mol. The number of ether oxygens (including phenoxy) is 1. The Labute approximate surface area is 130 Å². The van der Waals surface area contributed by atoms with Gasteiger partial charge in [0.1, 0.15) is 17.7 Å². The number of aromatic amines is 1. The monoisotopic (exact) mass is 305 g/mol. The first kappa shape index (κ1) is 15.2. The van der Waals surface area contributed by atoms with E-state index in [-0.39, 0.29) is 6.10 Å². The van der Waals surface area contributed by atoms with Crippen LogP contribution in [0.15, 0.2) is 10.6 Å². The van der Waals surface area contributed by atoms with Gasteiger partial charge in [-0.3, -0.25) is 10.00 Å². The Kier molecular flexibility index (Phi) is 4.84. The molecule has 7 nitrogen and oxygen atoms in total. The minimum atomic E-state index is -0.0868. The lowest BCUT2D eigenvalue weighted by Crippen LogP contribution is -2.38. The number of nitrogens with one attached hydrogen (secondary N) is 1. The van der Waals surface area contributed by atoms with Crippen molar-refractivity contribution in [3.05, 3.63) is 29.5 Å². The molecule has 1 aliphatic rings. The molecule has 1 fully saturated rings. The van der Waals surface area contributed by atoms with Crippen molar-refractivity contribution in [1.29, 1.82) is 0 Å². The molecule has 1 N–H and O–H groups in total. The number of aromatic nitrogens is 4. The molecule has 0 amide bonds. The van der Waals surface area contributed by atoms with E-state index in [0.717, 1.165) is 55.7 Å². The number of morpholine rings is 1. The fourth-order valence-corrected chi connectivity index (χ4v) is 2.58. The summed E-state index contributed by atoms with van der Waals surface area (Å²) in [5.74, 6) is 3.37. The molecule has 1 aliphatic heterocycles. The molecule has 2 aromatic rings. The van der Waals surface area contributed by atoms with Crippen molar-refractivity contribution in [2.75, 3.05) is 19.7 Å². The Balaban J connectivity index is 1.60. The van der Waals surface area contributed by atoms with Crippen LogP contribution in [-0.4, -0.2) is 44.8 Å². The minimum absolute atomic E-state index is 0.0868. The topological polar surface area (TPSA) is 80.1 Å². The number of H-pyrrole nitrogens is 1. The van der Waals surface area contributed by atoms with Crippen LogP contribution in [-0.2, 0) is 24.1 Å². The smallest absolute Gasteiger partial charge is 0.208 e. The molecule has 0 bridgehead atoms. The van der Waals surface area contributed by atoms with E-state index in [4.69, 9.17) is 9.15 Å². The van der Waals surface area contributed by atoms with Crippen molar-refractivity contribution in [1.82, 2.24) is 25.1 Å². The summed E-state index contributed by atoms with van der Waals surface area (Å²) in [4.78, 5) is 11.1. The van der Waals surface area contributed by atoms with Gasteiger partial charge in [0.25, 0.3) is 0 Å². The van der Waals surface area contributed by atoms with Gasteiger partial charge in [0.2, 0.25) is 5.89 Å². The average molecular weight is 305 g/mol. The average Bonchev–Trinajstić information content (AvgIpc) is 3.17. The van der Waals surface area contributed by atoms with Crippen LogP contribution in [0.4, 0.5) is 0 Å². The van der Waals surface area contributed by atoms with Gasteiger partial charge < -0.3 is 9.15 Å². The van der Waals surface area contributed by atoms with E-state index in [1.54, 1.807) is 6.20 Å². The van der Waals surface area contributed by atoms with Crippen LogP contribution in [0.5, 0.6) is 0 Å². The molecular formula is C15H23N5O2. The molecule has 22 heavy (non-hydrogen) atoms. The Morgan fingerprint density at radius 3 is 3.09 bits per heavy atom. The summed E-state index contributed by atoms with van der Waals surface area (Å²) in [5.41, 5.74) is 0. The summed E-state index contributed by atoms with van der Waals surface area (Å²) in [7, 11) is 0. The third-order valence-corrected chi connectivity index (χ3v) is 3.78. The van der Waals surface area contributed by atoms with Gasteiger partial charge >= 0.3 is 0 Å². The third kappa shape index (κ3) is 3.53. The van der Waals surface area contributed by atoms with Gasteiger partial charge in [-0.1, -0.05) is 13.8 Å². The molecule has 0 aliphatic carbocycles. The first-order valence-electron chi connectivity index (χ1n) is 7.97. The van der Waals surface area contributed by atoms with Gasteiger partial charge in [-0.05, 0) is 6.42 Å². The molecule has 3 heterocycles. The molecule has 3 rings (SSSR count). The van der Waals surface area contributed by atoms with E-state index in [9.17, 15) is 0 Å². The Morgan fingerprint density at radius 1 is 1.41 bits per heavy atom. The molecule has 2 aromatic heterocycles. The van der Waals surface area contributed by atoms with Crippen molar-refractivity contribution in [3.8, 4) is 0 Å². The molecule has 0 unspecified atom stereocenters. The van der Waals surface area contributed by atoms with E-state index in [2.05, 4.69) is 38.9 Å². The lowest BCUT2D eigenvalue weighted by atomic mass is 10.2. The summed E-state index contributed by atoms with van der Waals surface area (Å²) >= 11 is 0. The molecule has 0 saturated carbocycles. The lowest BCUT2D eigenvalue weighted by Gasteiger charge is -2.30. The number of oxazole rings is 1. The first-order chi connectivity index (χ1) is 10.8. The molecule has 120 valence electrons. The highest BCUT2D eigenvalue weighted by molar-refractivity contribution is 4.98. The second-order valence-corrected chi connectivity index (χ2v) is 5.56. The highest BCUT2D eigenvalue weighted by Gasteiger charge is 2.26. The summed E-state index contributed by atoms with van der Waals surface area (Å²) in [5, 5.41) is 7.28. The van der Waals surface area contributed by atoms with Crippen molar-refractivity contribution < 1.29 is 9.15 Å². The molecule has 1 saturated heterocycles. The van der Waals surface area contributed by atoms with Gasteiger partial charge in [-0.15, -0.1) is 0 Å². The van der Waals surface area contributed by atoms with Crippen LogP contribution in [0.1, 0.15) is 49.7 Å². The largest absolute Gasteiger partial charge is 0.444 e. The van der Waals surface area contributed by atoms with E-state index in [1.165, 1.54) is 0 Å². The quantitative estimate of drug-likeness (QED) is 0.877. The highest BCUT2D eigenvalue weighted by Crippen LogP contribution is 2.20. The van der Waals surface area contributed by atoms with E-state index >= 15 is 0 Å². The van der Waals surface area contributed by atoms with Gasteiger partial charge in [-0.2, -0.15) is 5.10 Å². The normalized spacial score (nSPS) is 19.6. The van der Waals surface area contributed by atoms with Crippen LogP contribution < -0.4 is 0 Å². The zero-order valence-corrected chi connectivity index (χ0v) is 13.2. The Morgan fingerprint density at radius 2 is 2.32 bits per heavy atom. The van der Waals surface area contributed by atoms with Crippen LogP contribution in [0.3, 0.4) is 0 Å². The zero-order chi connectivity index (χ0) is 15.4. The molecule has 0 spiro atoms. The van der Waals surface area contributed by atoms with Gasteiger partial charge in [0, 0.05) is 25.9 Å². The maximum atomic E-state index is 5.81. The van der Waals surface area contributed by atoms with E-state index in [1.807, 2.05) is 0 Å². The first-order valence-corrected chi connectivity index (χ1v) is 7.97. The number of hydrogen-bond acceptors (Lipinski definition) is 6. The van der Waals surface area contributed by atoms with Crippen LogP contribution in [0, 0.1) is 0 Å². The second kappa shape index (κ2) is 7.02. The van der Waals surface area contributed by atoms with E-state index < -0.39 is 0 Å². The van der Waals surface area contributed by atoms with Gasteiger partial charge in [0.05, 0.1) is 19.3 Å². The Hall–Kier alpha value is -1.73. The second-order valence-electron chi connectivity index (χ2n) is 5.56. The number of hydrogen-bond donors (Lipinski definition) is 1. The zero-order valence-electron chi connectivity index (χ0n) is 13.2. The standard InChI is InChI=1S/C15H23N5O2/c1-3-5-13-17-15(19-18-13)12-9-20(6-7-21-12)10-14-16-8-11(4-2)22-14/h8,12H,3-7,9-10H2,1-2H3,(H,17,18,19)/t12-/m0/s1. The molecule has 7 heteroatoms. The lowest BCUT2D eigenvalue weighted by molar-refractivity contribution is -0.0393. The van der Waals surface area contributed by atoms with Crippen LogP contribution in [0.2, 0.25) is 0 Å². The molecule has 1 atom stereocenters. The third-order valence-electron chi connectivity index (χ3n) is 3.78. The maximum absolute atomic E-state index is 5.81. The molecule has 0 aromatic carbocycles. The number of aryl methyl sites for hydroxylation is 2. The summed E-state index contributed by atoms with van der Waals surface area (Å²) in [6, 6.07) is 0. The predicted molar refractivity (Wildman–Crippen MR) is 80.2 cm³/mol. The van der Waals surface area contributed by atoms with Crippen molar-refractivity contribution in [2.24, 2.45) is 0 Å². The highest BCUT2D eigenvalue weighted by atomic mass is 16.5. The predicted octanol–water partition coefficient (Wildman–Crippen LogP) is 1.88. The SMILES string of the molecule is CCCc1nc([C@@H]2CN(Cc3ncc(CC)o3)CCO2)n[nH]1. The van der Waals surface area contributed by atoms with Crippen LogP contribution in [0.25, 0.3) is 0 Å². The van der Waals surface area contributed by atoms with Crippen molar-refractivity contribution >= 4 is 0 Å². The maximum Gasteiger partial charge on any atom is 0.208 e. The number of rotatable bonds is 6. The van der Waals surface area contributed by atoms with Crippen LogP contribution >= 0.6 is 0 Å². The summed E-state index contributed by atoms with van der Waals surface area (Å²) in [6.45, 7) is 7.18. The van der Waals surface area contributed by atoms with Gasteiger partial charge in [0.15, 0.2) is 5.82 Å². The van der Waals surface area contributed by atoms with Crippen molar-refractivity contribution in [2.45, 2.75) is 45.8 Å². The summed E-state index contributed by atoms with van der Waals surface area (Å²) in [6.07, 6.45) is 4.56. The molecule has 0 radical (unpaired) electrons. The fraction of sp³-hybridized carbons (Fsp3) is 0.667. The van der Waals surface area contributed by atoms with Gasteiger partial charge in [-0.25, -0.2) is 9.97 Å². The Bertz CT molecular complexity index is 594.